The minimum absolute atomic E-state index is 0.197. The molecule has 2 heterocycles. The van der Waals surface area contributed by atoms with E-state index in [0.717, 1.165) is 77.2 Å². The van der Waals surface area contributed by atoms with Crippen LogP contribution in [0.3, 0.4) is 0 Å². The second kappa shape index (κ2) is 13.1. The van der Waals surface area contributed by atoms with Crippen molar-refractivity contribution in [3.63, 3.8) is 0 Å². The van der Waals surface area contributed by atoms with Gasteiger partial charge in [-0.15, -0.1) is 0 Å². The maximum Gasteiger partial charge on any atom is 0.305 e. The summed E-state index contributed by atoms with van der Waals surface area (Å²) in [6.07, 6.45) is 0.733. The molecule has 6 nitrogen and oxygen atoms in total. The highest BCUT2D eigenvalue weighted by molar-refractivity contribution is 6.10. The fraction of sp³-hybridized carbons (Fsp3) is 0.136. The number of ether oxygens (including phenoxy) is 2. The van der Waals surface area contributed by atoms with Crippen molar-refractivity contribution in [1.82, 2.24) is 9.13 Å². The topological polar surface area (TPSA) is 62.5 Å². The fourth-order valence-corrected chi connectivity index (χ4v) is 6.91. The van der Waals surface area contributed by atoms with Crippen LogP contribution in [0.1, 0.15) is 37.8 Å². The van der Waals surface area contributed by atoms with Crippen LogP contribution in [0.5, 0.6) is 0 Å². The monoisotopic (exact) mass is 656 g/mol. The Hall–Kier alpha value is -6.14. The molecule has 6 aromatic carbocycles. The van der Waals surface area contributed by atoms with Gasteiger partial charge >= 0.3 is 11.9 Å². The van der Waals surface area contributed by atoms with Crippen molar-refractivity contribution >= 4 is 55.6 Å². The molecule has 0 aliphatic heterocycles. The molecule has 8 aromatic rings. The van der Waals surface area contributed by atoms with E-state index in [1.54, 1.807) is 13.8 Å². The van der Waals surface area contributed by atoms with Crippen LogP contribution < -0.4 is 0 Å². The smallest absolute Gasteiger partial charge is 0.305 e. The van der Waals surface area contributed by atoms with Gasteiger partial charge in [-0.1, -0.05) is 86.6 Å². The molecule has 246 valence electrons. The molecule has 2 aromatic heterocycles. The molecule has 0 amide bonds. The van der Waals surface area contributed by atoms with Crippen molar-refractivity contribution < 1.29 is 19.1 Å². The third-order valence-electron chi connectivity index (χ3n) is 9.44. The number of para-hydroxylation sites is 2. The molecule has 0 aliphatic rings. The lowest BCUT2D eigenvalue weighted by atomic mass is 10.0. The second-order valence-corrected chi connectivity index (χ2v) is 12.5. The molecule has 0 saturated carbocycles. The maximum absolute atomic E-state index is 11.8. The third kappa shape index (κ3) is 5.59. The Morgan fingerprint density at radius 1 is 0.460 bits per heavy atom. The largest absolute Gasteiger partial charge is 0.461 e. The summed E-state index contributed by atoms with van der Waals surface area (Å²) < 4.78 is 15.4. The van der Waals surface area contributed by atoms with Gasteiger partial charge in [0.2, 0.25) is 0 Å². The van der Waals surface area contributed by atoms with Crippen LogP contribution >= 0.6 is 0 Å². The van der Waals surface area contributed by atoms with Crippen LogP contribution in [-0.2, 0) is 32.3 Å². The molecule has 0 radical (unpaired) electrons. The predicted octanol–water partition coefficient (Wildman–Crippen LogP) is 10.5. The van der Waals surface area contributed by atoms with Gasteiger partial charge in [-0.2, -0.15) is 0 Å². The van der Waals surface area contributed by atoms with Gasteiger partial charge < -0.3 is 18.6 Å². The SMILES string of the molecule is CCC(=O)OCc1ccc2c(c1)c1ccccc1n2-c1ccc(-c2ccc(-n3c4ccccc4c4cc(COC(=O)CC)ccc43)cc2)cc1. The summed E-state index contributed by atoms with van der Waals surface area (Å²) in [5, 5.41) is 4.58. The van der Waals surface area contributed by atoms with Gasteiger partial charge in [0.15, 0.2) is 0 Å². The van der Waals surface area contributed by atoms with Crippen LogP contribution in [0.25, 0.3) is 66.1 Å². The lowest BCUT2D eigenvalue weighted by Crippen LogP contribution is -2.02. The molecular weight excluding hydrogens is 620 g/mol. The van der Waals surface area contributed by atoms with Crippen molar-refractivity contribution in [1.29, 1.82) is 0 Å². The first-order valence-corrected chi connectivity index (χ1v) is 17.1. The number of carbonyl (C=O) groups excluding carboxylic acids is 2. The number of aromatic nitrogens is 2. The number of hydrogen-bond donors (Lipinski definition) is 0. The summed E-state index contributed by atoms with van der Waals surface area (Å²) in [6.45, 7) is 4.15. The van der Waals surface area contributed by atoms with Crippen LogP contribution in [0.4, 0.5) is 0 Å². The van der Waals surface area contributed by atoms with Crippen molar-refractivity contribution in [3.8, 4) is 22.5 Å². The number of benzene rings is 6. The van der Waals surface area contributed by atoms with Crippen molar-refractivity contribution in [2.75, 3.05) is 0 Å². The molecule has 0 spiro atoms. The van der Waals surface area contributed by atoms with Crippen LogP contribution in [0.15, 0.2) is 133 Å². The van der Waals surface area contributed by atoms with Crippen LogP contribution in [0.2, 0.25) is 0 Å². The van der Waals surface area contributed by atoms with Crippen LogP contribution in [0, 0.1) is 0 Å². The van der Waals surface area contributed by atoms with Crippen molar-refractivity contribution in [3.05, 3.63) is 145 Å². The van der Waals surface area contributed by atoms with Gasteiger partial charge in [0.25, 0.3) is 0 Å². The standard InChI is InChI=1S/C44H36N2O4/c1-3-43(47)49-27-29-13-23-41-37(25-29)35-9-5-7-11-39(35)45(41)33-19-15-31(16-20-33)32-17-21-34(22-18-32)46-40-12-8-6-10-36(40)38-26-30(14-24-42(38)46)28-50-44(48)4-2/h5-26H,3-4,27-28H2,1-2H3. The van der Waals surface area contributed by atoms with Crippen molar-refractivity contribution in [2.24, 2.45) is 0 Å². The van der Waals surface area contributed by atoms with Gasteiger partial charge in [-0.3, -0.25) is 9.59 Å². The van der Waals surface area contributed by atoms with E-state index < -0.39 is 0 Å². The Kier molecular flexibility index (Phi) is 8.13. The Balaban J connectivity index is 1.11. The maximum atomic E-state index is 11.8. The van der Waals surface area contributed by atoms with Gasteiger partial charge in [-0.25, -0.2) is 0 Å². The highest BCUT2D eigenvalue weighted by Crippen LogP contribution is 2.35. The average molecular weight is 657 g/mol. The molecule has 8 rings (SSSR count). The zero-order chi connectivity index (χ0) is 34.2. The second-order valence-electron chi connectivity index (χ2n) is 12.5. The zero-order valence-electron chi connectivity index (χ0n) is 28.1. The van der Waals surface area contributed by atoms with E-state index in [9.17, 15) is 9.59 Å². The fourth-order valence-electron chi connectivity index (χ4n) is 6.91. The first-order valence-electron chi connectivity index (χ1n) is 17.1. The highest BCUT2D eigenvalue weighted by Gasteiger charge is 2.15. The van der Waals surface area contributed by atoms with Gasteiger partial charge in [0.05, 0.1) is 22.1 Å². The minimum atomic E-state index is -0.197. The molecule has 0 aliphatic carbocycles. The van der Waals surface area contributed by atoms with E-state index in [2.05, 4.69) is 130 Å². The first kappa shape index (κ1) is 31.1. The molecule has 0 N–H and O–H groups in total. The first-order chi connectivity index (χ1) is 24.5. The Labute approximate surface area is 290 Å². The third-order valence-corrected chi connectivity index (χ3v) is 9.44. The zero-order valence-corrected chi connectivity index (χ0v) is 28.1. The lowest BCUT2D eigenvalue weighted by molar-refractivity contribution is -0.145. The van der Waals surface area contributed by atoms with Crippen LogP contribution in [-0.4, -0.2) is 21.1 Å². The number of hydrogen-bond acceptors (Lipinski definition) is 4. The molecule has 0 unspecified atom stereocenters. The summed E-state index contributed by atoms with van der Waals surface area (Å²) in [7, 11) is 0. The van der Waals surface area contributed by atoms with E-state index in [0.29, 0.717) is 12.8 Å². The number of nitrogens with zero attached hydrogens (tertiary/aromatic N) is 2. The summed E-state index contributed by atoms with van der Waals surface area (Å²) in [5.41, 5.74) is 10.8. The number of fused-ring (bicyclic) bond motifs is 6. The molecular formula is C44H36N2O4. The predicted molar refractivity (Wildman–Crippen MR) is 201 cm³/mol. The molecule has 50 heavy (non-hydrogen) atoms. The Bertz CT molecular complexity index is 2360. The molecule has 0 atom stereocenters. The van der Waals surface area contributed by atoms with E-state index in [4.69, 9.17) is 9.47 Å². The van der Waals surface area contributed by atoms with Gasteiger partial charge in [0, 0.05) is 45.8 Å². The highest BCUT2D eigenvalue weighted by atomic mass is 16.5. The summed E-state index contributed by atoms with van der Waals surface area (Å²) in [6, 6.07) is 46.8. The van der Waals surface area contributed by atoms with E-state index in [1.807, 2.05) is 12.1 Å². The Morgan fingerprint density at radius 3 is 1.24 bits per heavy atom. The summed E-state index contributed by atoms with van der Waals surface area (Å²) in [5.74, 6) is -0.395. The molecule has 0 bridgehead atoms. The summed E-state index contributed by atoms with van der Waals surface area (Å²) >= 11 is 0. The number of rotatable bonds is 9. The van der Waals surface area contributed by atoms with E-state index >= 15 is 0 Å². The van der Waals surface area contributed by atoms with Gasteiger partial charge in [0.1, 0.15) is 13.2 Å². The Morgan fingerprint density at radius 2 is 0.840 bits per heavy atom. The minimum Gasteiger partial charge on any atom is -0.461 e. The normalized spacial score (nSPS) is 11.5. The van der Waals surface area contributed by atoms with E-state index in [-0.39, 0.29) is 25.2 Å². The average Bonchev–Trinajstić information content (AvgIpc) is 3.68. The molecule has 0 saturated heterocycles. The lowest BCUT2D eigenvalue weighted by Gasteiger charge is -2.11. The van der Waals surface area contributed by atoms with E-state index in [1.165, 1.54) is 0 Å². The van der Waals surface area contributed by atoms with Crippen molar-refractivity contribution in [2.45, 2.75) is 39.9 Å². The number of carbonyl (C=O) groups is 2. The molecule has 0 fully saturated rings. The summed E-state index contributed by atoms with van der Waals surface area (Å²) in [4.78, 5) is 23.5. The quantitative estimate of drug-likeness (QED) is 0.145. The van der Waals surface area contributed by atoms with Gasteiger partial charge in [-0.05, 0) is 82.9 Å². The number of esters is 2. The molecule has 6 heteroatoms.